The monoisotopic (exact) mass is 275 g/mol. The van der Waals surface area contributed by atoms with Crippen LogP contribution in [0.2, 0.25) is 0 Å². The van der Waals surface area contributed by atoms with Crippen molar-refractivity contribution in [2.24, 2.45) is 0 Å². The second kappa shape index (κ2) is 5.14. The molecule has 0 atom stereocenters. The van der Waals surface area contributed by atoms with Crippen LogP contribution in [-0.2, 0) is 6.54 Å². The molecule has 21 heavy (non-hydrogen) atoms. The first-order chi connectivity index (χ1) is 10.2. The molecule has 0 bridgehead atoms. The molecule has 4 nitrogen and oxygen atoms in total. The normalized spacial score (nSPS) is 10.4. The second-order valence-electron chi connectivity index (χ2n) is 4.78. The van der Waals surface area contributed by atoms with Crippen LogP contribution >= 0.6 is 0 Å². The third kappa shape index (κ3) is 2.15. The molecule has 0 spiro atoms. The average molecular weight is 275 g/mol. The molecule has 3 rings (SSSR count). The molecule has 0 aliphatic rings. The summed E-state index contributed by atoms with van der Waals surface area (Å²) in [6.07, 6.45) is 0. The number of benzene rings is 2. The van der Waals surface area contributed by atoms with Gasteiger partial charge in [0, 0.05) is 10.8 Å². The van der Waals surface area contributed by atoms with E-state index in [2.05, 4.69) is 0 Å². The third-order valence-electron chi connectivity index (χ3n) is 3.48. The van der Waals surface area contributed by atoms with Crippen molar-refractivity contribution in [3.05, 3.63) is 65.9 Å². The summed E-state index contributed by atoms with van der Waals surface area (Å²) in [5, 5.41) is 28.8. The molecular weight excluding hydrogens is 262 g/mol. The van der Waals surface area contributed by atoms with E-state index in [1.807, 2.05) is 54.6 Å². The minimum absolute atomic E-state index is 0.0875. The Morgan fingerprint density at radius 3 is 2.33 bits per heavy atom. The van der Waals surface area contributed by atoms with Crippen LogP contribution in [0.15, 0.2) is 54.6 Å². The molecule has 0 unspecified atom stereocenters. The van der Waals surface area contributed by atoms with E-state index in [0.29, 0.717) is 17.6 Å². The molecule has 0 radical (unpaired) electrons. The number of nitrogens with zero attached hydrogens (tertiary/aromatic N) is 2. The highest BCUT2D eigenvalue weighted by Crippen LogP contribution is 2.32. The fraction of sp³-hybridized carbons (Fsp3) is 0.0588. The van der Waals surface area contributed by atoms with Crippen LogP contribution in [0.4, 0.5) is 0 Å². The molecule has 0 aliphatic heterocycles. The van der Waals surface area contributed by atoms with Crippen LogP contribution in [0.3, 0.4) is 0 Å². The maximum Gasteiger partial charge on any atom is 0.199 e. The van der Waals surface area contributed by atoms with E-state index >= 15 is 0 Å². The predicted octanol–water partition coefficient (Wildman–Crippen LogP) is 3.29. The van der Waals surface area contributed by atoms with Crippen molar-refractivity contribution in [1.82, 2.24) is 4.57 Å². The number of rotatable bonds is 3. The van der Waals surface area contributed by atoms with Gasteiger partial charge in [-0.25, -0.2) is 0 Å². The summed E-state index contributed by atoms with van der Waals surface area (Å²) in [5.74, 6) is 0.0875. The number of nitrogens with one attached hydrogen (secondary N) is 1. The molecule has 0 amide bonds. The summed E-state index contributed by atoms with van der Waals surface area (Å²) < 4.78 is 1.62. The van der Waals surface area contributed by atoms with Gasteiger partial charge in [-0.05, 0) is 11.6 Å². The zero-order valence-electron chi connectivity index (χ0n) is 11.2. The van der Waals surface area contributed by atoms with Crippen LogP contribution in [0.25, 0.3) is 10.8 Å². The fourth-order valence-corrected chi connectivity index (χ4v) is 2.52. The highest BCUT2D eigenvalue weighted by Gasteiger charge is 2.19. The number of aromatic hydroxyl groups is 1. The van der Waals surface area contributed by atoms with Crippen molar-refractivity contribution in [1.29, 1.82) is 10.7 Å². The van der Waals surface area contributed by atoms with Crippen molar-refractivity contribution in [3.63, 3.8) is 0 Å². The van der Waals surface area contributed by atoms with Crippen molar-refractivity contribution < 1.29 is 5.11 Å². The SMILES string of the molecule is N#CC(=N)c1c2ccccc2c(O)n1Cc1ccccc1. The Balaban J connectivity index is 2.23. The third-order valence-corrected chi connectivity index (χ3v) is 3.48. The Morgan fingerprint density at radius 1 is 1.05 bits per heavy atom. The van der Waals surface area contributed by atoms with Crippen molar-refractivity contribution in [2.75, 3.05) is 0 Å². The zero-order valence-corrected chi connectivity index (χ0v) is 11.2. The van der Waals surface area contributed by atoms with E-state index in [-0.39, 0.29) is 11.6 Å². The number of aromatic nitrogens is 1. The van der Waals surface area contributed by atoms with Crippen LogP contribution in [-0.4, -0.2) is 15.4 Å². The lowest BCUT2D eigenvalue weighted by molar-refractivity contribution is 0.429. The molecule has 2 aromatic carbocycles. The van der Waals surface area contributed by atoms with Gasteiger partial charge in [0.25, 0.3) is 0 Å². The van der Waals surface area contributed by atoms with Gasteiger partial charge in [0.2, 0.25) is 0 Å². The van der Waals surface area contributed by atoms with Gasteiger partial charge in [-0.2, -0.15) is 5.26 Å². The Kier molecular flexibility index (Phi) is 3.17. The van der Waals surface area contributed by atoms with Crippen LogP contribution < -0.4 is 0 Å². The Labute approximate surface area is 122 Å². The lowest BCUT2D eigenvalue weighted by atomic mass is 10.1. The van der Waals surface area contributed by atoms with Crippen LogP contribution in [0.5, 0.6) is 5.88 Å². The first-order valence-corrected chi connectivity index (χ1v) is 6.55. The van der Waals surface area contributed by atoms with Gasteiger partial charge in [-0.3, -0.25) is 5.41 Å². The molecular formula is C17H13N3O. The zero-order chi connectivity index (χ0) is 14.8. The largest absolute Gasteiger partial charge is 0.494 e. The van der Waals surface area contributed by atoms with E-state index in [4.69, 9.17) is 10.7 Å². The smallest absolute Gasteiger partial charge is 0.199 e. The Morgan fingerprint density at radius 2 is 1.67 bits per heavy atom. The minimum atomic E-state index is -0.151. The Bertz CT molecular complexity index is 857. The standard InChI is InChI=1S/C17H13N3O/c18-10-15(19)16-13-8-4-5-9-14(13)17(21)20(16)11-12-6-2-1-3-7-12/h1-9,19,21H,11H2. The summed E-state index contributed by atoms with van der Waals surface area (Å²) in [6.45, 7) is 0.417. The van der Waals surface area contributed by atoms with Crippen molar-refractivity contribution in [3.8, 4) is 11.9 Å². The number of hydrogen-bond donors (Lipinski definition) is 2. The van der Waals surface area contributed by atoms with E-state index in [9.17, 15) is 5.11 Å². The lowest BCUT2D eigenvalue weighted by Gasteiger charge is -2.09. The number of fused-ring (bicyclic) bond motifs is 1. The molecule has 1 heterocycles. The van der Waals surface area contributed by atoms with E-state index in [0.717, 1.165) is 10.9 Å². The maximum atomic E-state index is 10.4. The Hall–Kier alpha value is -3.06. The summed E-state index contributed by atoms with van der Waals surface area (Å²) in [5.41, 5.74) is 1.30. The number of hydrogen-bond acceptors (Lipinski definition) is 3. The topological polar surface area (TPSA) is 72.8 Å². The van der Waals surface area contributed by atoms with Crippen LogP contribution in [0, 0.1) is 16.7 Å². The molecule has 3 aromatic rings. The summed E-state index contributed by atoms with van der Waals surface area (Å²) in [7, 11) is 0. The van der Waals surface area contributed by atoms with Gasteiger partial charge in [-0.15, -0.1) is 0 Å². The molecule has 0 aliphatic carbocycles. The lowest BCUT2D eigenvalue weighted by Crippen LogP contribution is -2.08. The first kappa shape index (κ1) is 12.9. The van der Waals surface area contributed by atoms with E-state index < -0.39 is 0 Å². The highest BCUT2D eigenvalue weighted by molar-refractivity contribution is 6.17. The van der Waals surface area contributed by atoms with Gasteiger partial charge in [0.15, 0.2) is 11.6 Å². The summed E-state index contributed by atoms with van der Waals surface area (Å²) in [6, 6.07) is 18.8. The maximum absolute atomic E-state index is 10.4. The summed E-state index contributed by atoms with van der Waals surface area (Å²) in [4.78, 5) is 0. The van der Waals surface area contributed by atoms with E-state index in [1.165, 1.54) is 0 Å². The van der Waals surface area contributed by atoms with Gasteiger partial charge in [0.05, 0.1) is 12.2 Å². The number of nitriles is 1. The van der Waals surface area contributed by atoms with Gasteiger partial charge >= 0.3 is 0 Å². The van der Waals surface area contributed by atoms with Gasteiger partial charge < -0.3 is 9.67 Å². The van der Waals surface area contributed by atoms with Gasteiger partial charge in [-0.1, -0.05) is 48.5 Å². The van der Waals surface area contributed by atoms with Gasteiger partial charge in [0.1, 0.15) is 6.07 Å². The second-order valence-corrected chi connectivity index (χ2v) is 4.78. The van der Waals surface area contributed by atoms with E-state index in [1.54, 1.807) is 10.6 Å². The molecule has 0 saturated carbocycles. The molecule has 102 valence electrons. The minimum Gasteiger partial charge on any atom is -0.494 e. The highest BCUT2D eigenvalue weighted by atomic mass is 16.3. The van der Waals surface area contributed by atoms with Crippen LogP contribution in [0.1, 0.15) is 11.3 Å². The predicted molar refractivity (Wildman–Crippen MR) is 81.6 cm³/mol. The average Bonchev–Trinajstić information content (AvgIpc) is 2.81. The summed E-state index contributed by atoms with van der Waals surface area (Å²) >= 11 is 0. The molecule has 0 fully saturated rings. The van der Waals surface area contributed by atoms with Crippen molar-refractivity contribution >= 4 is 16.5 Å². The molecule has 2 N–H and O–H groups in total. The quantitative estimate of drug-likeness (QED) is 0.720. The first-order valence-electron chi connectivity index (χ1n) is 6.55. The molecule has 1 aromatic heterocycles. The molecule has 0 saturated heterocycles. The fourth-order valence-electron chi connectivity index (χ4n) is 2.52. The van der Waals surface area contributed by atoms with Crippen molar-refractivity contribution in [2.45, 2.75) is 6.54 Å². The molecule has 4 heteroatoms.